The van der Waals surface area contributed by atoms with Crippen LogP contribution in [-0.4, -0.2) is 17.4 Å². The molecule has 0 aliphatic rings. The minimum absolute atomic E-state index is 0.123. The second-order valence-corrected chi connectivity index (χ2v) is 6.26. The summed E-state index contributed by atoms with van der Waals surface area (Å²) in [6.45, 7) is 5.60. The maximum atomic E-state index is 12.6. The number of nitrogens with zero attached hydrogens (tertiary/aromatic N) is 1. The summed E-state index contributed by atoms with van der Waals surface area (Å²) in [5.74, 6) is 0.123. The number of nitrogens with two attached hydrogens (primary N) is 1. The van der Waals surface area contributed by atoms with Crippen LogP contribution in [0.25, 0.3) is 0 Å². The molecule has 0 saturated heterocycles. The summed E-state index contributed by atoms with van der Waals surface area (Å²) < 4.78 is 0. The second kappa shape index (κ2) is 7.27. The third-order valence-electron chi connectivity index (χ3n) is 3.35. The molecule has 0 saturated carbocycles. The van der Waals surface area contributed by atoms with Crippen LogP contribution in [-0.2, 0) is 13.0 Å². The van der Waals surface area contributed by atoms with Crippen LogP contribution in [0.3, 0.4) is 0 Å². The van der Waals surface area contributed by atoms with Crippen LogP contribution in [0, 0.1) is 0 Å². The Hall–Kier alpha value is -1.81. The summed E-state index contributed by atoms with van der Waals surface area (Å²) in [6.07, 6.45) is 1.93. The maximum Gasteiger partial charge on any atom is 0.264 e. The van der Waals surface area contributed by atoms with Crippen LogP contribution >= 0.6 is 11.3 Å². The van der Waals surface area contributed by atoms with Crippen LogP contribution < -0.4 is 5.73 Å². The Bertz CT molecular complexity index is 589. The van der Waals surface area contributed by atoms with Crippen molar-refractivity contribution in [1.29, 1.82) is 0 Å². The smallest absolute Gasteiger partial charge is 0.264 e. The number of amides is 1. The van der Waals surface area contributed by atoms with Gasteiger partial charge in [-0.2, -0.15) is 0 Å². The third-order valence-corrected chi connectivity index (χ3v) is 4.57. The van der Waals surface area contributed by atoms with E-state index in [0.29, 0.717) is 6.54 Å². The SMILES string of the molecule is CCCN(Cc1ccc(N)cc1)C(=O)c1ccc(CC)s1. The lowest BCUT2D eigenvalue weighted by Crippen LogP contribution is -2.30. The van der Waals surface area contributed by atoms with Crippen molar-refractivity contribution in [3.05, 3.63) is 51.7 Å². The Kier molecular flexibility index (Phi) is 5.39. The van der Waals surface area contributed by atoms with Gasteiger partial charge in [0.15, 0.2) is 0 Å². The first-order chi connectivity index (χ1) is 10.1. The molecule has 2 aromatic rings. The number of nitrogen functional groups attached to an aromatic ring is 1. The van der Waals surface area contributed by atoms with Gasteiger partial charge in [0.05, 0.1) is 4.88 Å². The summed E-state index contributed by atoms with van der Waals surface area (Å²) in [5.41, 5.74) is 7.56. The highest BCUT2D eigenvalue weighted by molar-refractivity contribution is 7.14. The van der Waals surface area contributed by atoms with Crippen LogP contribution in [0.2, 0.25) is 0 Å². The molecule has 1 aromatic heterocycles. The van der Waals surface area contributed by atoms with E-state index in [0.717, 1.165) is 35.5 Å². The molecule has 1 aromatic carbocycles. The lowest BCUT2D eigenvalue weighted by atomic mass is 10.2. The van der Waals surface area contributed by atoms with E-state index in [-0.39, 0.29) is 5.91 Å². The van der Waals surface area contributed by atoms with Gasteiger partial charge in [-0.15, -0.1) is 11.3 Å². The lowest BCUT2D eigenvalue weighted by molar-refractivity contribution is 0.0748. The van der Waals surface area contributed by atoms with Crippen molar-refractivity contribution in [3.63, 3.8) is 0 Å². The summed E-state index contributed by atoms with van der Waals surface area (Å²) in [7, 11) is 0. The number of benzene rings is 1. The van der Waals surface area contributed by atoms with Crippen molar-refractivity contribution in [1.82, 2.24) is 4.90 Å². The number of hydrogen-bond donors (Lipinski definition) is 1. The Balaban J connectivity index is 2.13. The van der Waals surface area contributed by atoms with Gasteiger partial charge < -0.3 is 10.6 Å². The van der Waals surface area contributed by atoms with Crippen LogP contribution in [0.15, 0.2) is 36.4 Å². The molecule has 2 N–H and O–H groups in total. The second-order valence-electron chi connectivity index (χ2n) is 5.09. The van der Waals surface area contributed by atoms with Crippen molar-refractivity contribution >= 4 is 22.9 Å². The Morgan fingerprint density at radius 3 is 2.43 bits per heavy atom. The van der Waals surface area contributed by atoms with Gasteiger partial charge in [-0.25, -0.2) is 0 Å². The Labute approximate surface area is 130 Å². The topological polar surface area (TPSA) is 46.3 Å². The first kappa shape index (κ1) is 15.6. The number of carbonyl (C=O) groups is 1. The molecule has 1 heterocycles. The summed E-state index contributed by atoms with van der Waals surface area (Å²) >= 11 is 1.60. The molecule has 112 valence electrons. The minimum atomic E-state index is 0.123. The van der Waals surface area contributed by atoms with E-state index in [4.69, 9.17) is 5.73 Å². The largest absolute Gasteiger partial charge is 0.399 e. The molecule has 0 spiro atoms. The average molecular weight is 302 g/mol. The molecule has 2 rings (SSSR count). The minimum Gasteiger partial charge on any atom is -0.399 e. The van der Waals surface area contributed by atoms with Gasteiger partial charge in [0.1, 0.15) is 0 Å². The number of hydrogen-bond acceptors (Lipinski definition) is 3. The van der Waals surface area contributed by atoms with E-state index in [1.54, 1.807) is 11.3 Å². The highest BCUT2D eigenvalue weighted by Gasteiger charge is 2.17. The summed E-state index contributed by atoms with van der Waals surface area (Å²) in [5, 5.41) is 0. The number of aryl methyl sites for hydroxylation is 1. The molecule has 4 heteroatoms. The van der Waals surface area contributed by atoms with Gasteiger partial charge in [-0.05, 0) is 42.7 Å². The quantitative estimate of drug-likeness (QED) is 0.821. The summed E-state index contributed by atoms with van der Waals surface area (Å²) in [4.78, 5) is 16.6. The Morgan fingerprint density at radius 1 is 1.14 bits per heavy atom. The fourth-order valence-electron chi connectivity index (χ4n) is 2.20. The van der Waals surface area contributed by atoms with E-state index >= 15 is 0 Å². The monoisotopic (exact) mass is 302 g/mol. The lowest BCUT2D eigenvalue weighted by Gasteiger charge is -2.21. The Morgan fingerprint density at radius 2 is 1.86 bits per heavy atom. The van der Waals surface area contributed by atoms with E-state index in [1.807, 2.05) is 41.3 Å². The molecular formula is C17H22N2OS. The van der Waals surface area contributed by atoms with Crippen LogP contribution in [0.1, 0.15) is 40.4 Å². The first-order valence-corrected chi connectivity index (χ1v) is 8.18. The molecule has 0 aliphatic carbocycles. The maximum absolute atomic E-state index is 12.6. The molecule has 0 bridgehead atoms. The van der Waals surface area contributed by atoms with E-state index in [2.05, 4.69) is 13.8 Å². The molecule has 0 atom stereocenters. The van der Waals surface area contributed by atoms with E-state index in [9.17, 15) is 4.79 Å². The van der Waals surface area contributed by atoms with Gasteiger partial charge in [-0.3, -0.25) is 4.79 Å². The van der Waals surface area contributed by atoms with Crippen molar-refractivity contribution < 1.29 is 4.79 Å². The molecule has 0 unspecified atom stereocenters. The van der Waals surface area contributed by atoms with Gasteiger partial charge in [0, 0.05) is 23.7 Å². The van der Waals surface area contributed by atoms with Crippen LogP contribution in [0.5, 0.6) is 0 Å². The van der Waals surface area contributed by atoms with E-state index in [1.165, 1.54) is 4.88 Å². The predicted octanol–water partition coefficient (Wildman–Crippen LogP) is 3.95. The molecule has 0 fully saturated rings. The summed E-state index contributed by atoms with van der Waals surface area (Å²) in [6, 6.07) is 11.7. The van der Waals surface area contributed by atoms with Gasteiger partial charge >= 0.3 is 0 Å². The number of anilines is 1. The molecule has 21 heavy (non-hydrogen) atoms. The van der Waals surface area contributed by atoms with Crippen molar-refractivity contribution in [3.8, 4) is 0 Å². The number of carbonyl (C=O) groups excluding carboxylic acids is 1. The zero-order valence-electron chi connectivity index (χ0n) is 12.6. The van der Waals surface area contributed by atoms with Crippen molar-refractivity contribution in [2.24, 2.45) is 0 Å². The van der Waals surface area contributed by atoms with Gasteiger partial charge in [-0.1, -0.05) is 26.0 Å². The molecule has 1 amide bonds. The third kappa shape index (κ3) is 4.08. The van der Waals surface area contributed by atoms with Crippen molar-refractivity contribution in [2.45, 2.75) is 33.2 Å². The predicted molar refractivity (Wildman–Crippen MR) is 89.6 cm³/mol. The van der Waals surface area contributed by atoms with E-state index < -0.39 is 0 Å². The highest BCUT2D eigenvalue weighted by Crippen LogP contribution is 2.20. The number of rotatable bonds is 6. The molecular weight excluding hydrogens is 280 g/mol. The first-order valence-electron chi connectivity index (χ1n) is 7.36. The molecule has 3 nitrogen and oxygen atoms in total. The fraction of sp³-hybridized carbons (Fsp3) is 0.353. The molecule has 0 radical (unpaired) electrons. The molecule has 0 aliphatic heterocycles. The normalized spacial score (nSPS) is 10.6. The van der Waals surface area contributed by atoms with Crippen LogP contribution in [0.4, 0.5) is 5.69 Å². The highest BCUT2D eigenvalue weighted by atomic mass is 32.1. The van der Waals surface area contributed by atoms with Crippen molar-refractivity contribution in [2.75, 3.05) is 12.3 Å². The number of thiophene rings is 1. The average Bonchev–Trinajstić information content (AvgIpc) is 2.97. The zero-order chi connectivity index (χ0) is 15.2. The fourth-order valence-corrected chi connectivity index (χ4v) is 3.12. The van der Waals surface area contributed by atoms with Gasteiger partial charge in [0.25, 0.3) is 5.91 Å². The standard InChI is InChI=1S/C17H22N2OS/c1-3-11-19(12-13-5-7-14(18)8-6-13)17(20)16-10-9-15(4-2)21-16/h5-10H,3-4,11-12,18H2,1-2H3. The zero-order valence-corrected chi connectivity index (χ0v) is 13.5. The van der Waals surface area contributed by atoms with Gasteiger partial charge in [0.2, 0.25) is 0 Å².